The minimum atomic E-state index is -0.725. The number of phenolic OH excluding ortho intramolecular Hbond substituents is 1. The predicted octanol–water partition coefficient (Wildman–Crippen LogP) is 3.89. The summed E-state index contributed by atoms with van der Waals surface area (Å²) in [5.41, 5.74) is 3.30. The van der Waals surface area contributed by atoms with E-state index in [0.29, 0.717) is 0 Å². The molecule has 1 aromatic heterocycles. The van der Waals surface area contributed by atoms with Crippen LogP contribution in [0.4, 0.5) is 5.69 Å². The molecule has 0 atom stereocenters. The first-order valence-corrected chi connectivity index (χ1v) is 9.72. The summed E-state index contributed by atoms with van der Waals surface area (Å²) in [6.07, 6.45) is 1.23. The van der Waals surface area contributed by atoms with Crippen molar-refractivity contribution in [3.8, 4) is 22.1 Å². The van der Waals surface area contributed by atoms with Crippen LogP contribution in [0.2, 0.25) is 0 Å². The number of hydrazone groups is 1. The van der Waals surface area contributed by atoms with Crippen molar-refractivity contribution in [2.45, 2.75) is 13.8 Å². The van der Waals surface area contributed by atoms with Crippen LogP contribution in [0, 0.1) is 17.0 Å². The molecule has 3 aromatic rings. The number of rotatable bonds is 7. The molecule has 154 valence electrons. The van der Waals surface area contributed by atoms with Gasteiger partial charge < -0.3 is 9.84 Å². The quantitative estimate of drug-likeness (QED) is 0.335. The van der Waals surface area contributed by atoms with Crippen molar-refractivity contribution < 1.29 is 19.6 Å². The lowest BCUT2D eigenvalue weighted by Gasteiger charge is -2.07. The number of carbonyl (C=O) groups excluding carboxylic acids is 1. The highest BCUT2D eigenvalue weighted by molar-refractivity contribution is 7.15. The number of nitrogens with one attached hydrogen (secondary N) is 1. The third-order valence-electron chi connectivity index (χ3n) is 3.99. The number of aryl methyl sites for hydroxylation is 1. The van der Waals surface area contributed by atoms with E-state index in [9.17, 15) is 20.0 Å². The van der Waals surface area contributed by atoms with Gasteiger partial charge in [-0.2, -0.15) is 5.10 Å². The molecule has 0 saturated heterocycles. The van der Waals surface area contributed by atoms with Gasteiger partial charge >= 0.3 is 5.69 Å². The molecule has 0 fully saturated rings. The molecule has 1 amide bonds. The van der Waals surface area contributed by atoms with E-state index in [0.717, 1.165) is 21.5 Å². The van der Waals surface area contributed by atoms with E-state index in [4.69, 9.17) is 4.74 Å². The van der Waals surface area contributed by atoms with Crippen molar-refractivity contribution in [1.82, 2.24) is 10.4 Å². The van der Waals surface area contributed by atoms with E-state index < -0.39 is 22.3 Å². The fourth-order valence-corrected chi connectivity index (χ4v) is 3.54. The summed E-state index contributed by atoms with van der Waals surface area (Å²) >= 11 is 1.40. The topological polar surface area (TPSA) is 127 Å². The number of nitro benzene ring substituents is 1. The Hall–Kier alpha value is -3.79. The Morgan fingerprint density at radius 3 is 2.77 bits per heavy atom. The van der Waals surface area contributed by atoms with Gasteiger partial charge in [-0.1, -0.05) is 30.3 Å². The lowest BCUT2D eigenvalue weighted by molar-refractivity contribution is -0.386. The molecule has 0 spiro atoms. The highest BCUT2D eigenvalue weighted by atomic mass is 32.1. The lowest BCUT2D eigenvalue weighted by Crippen LogP contribution is -2.19. The lowest BCUT2D eigenvalue weighted by atomic mass is 10.2. The molecule has 0 radical (unpaired) electrons. The second-order valence-corrected chi connectivity index (χ2v) is 7.27. The van der Waals surface area contributed by atoms with Crippen LogP contribution in [-0.4, -0.2) is 33.7 Å². The van der Waals surface area contributed by atoms with Gasteiger partial charge in [-0.3, -0.25) is 14.9 Å². The highest BCUT2D eigenvalue weighted by Gasteiger charge is 2.20. The van der Waals surface area contributed by atoms with Crippen LogP contribution >= 0.6 is 11.3 Å². The Labute approximate surface area is 175 Å². The van der Waals surface area contributed by atoms with E-state index in [1.807, 2.05) is 30.3 Å². The van der Waals surface area contributed by atoms with Crippen molar-refractivity contribution in [2.75, 3.05) is 6.61 Å². The van der Waals surface area contributed by atoms with E-state index in [1.165, 1.54) is 23.6 Å². The number of amides is 1. The average Bonchev–Trinajstić information content (AvgIpc) is 3.12. The zero-order chi connectivity index (χ0) is 21.7. The molecule has 0 aliphatic carbocycles. The molecule has 0 bridgehead atoms. The molecule has 30 heavy (non-hydrogen) atoms. The molecule has 0 unspecified atom stereocenters. The van der Waals surface area contributed by atoms with E-state index in [1.54, 1.807) is 13.8 Å². The molecule has 3 rings (SSSR count). The van der Waals surface area contributed by atoms with Crippen molar-refractivity contribution in [3.63, 3.8) is 0 Å². The molecule has 2 N–H and O–H groups in total. The Morgan fingerprint density at radius 1 is 1.37 bits per heavy atom. The Morgan fingerprint density at radius 2 is 2.10 bits per heavy atom. The van der Waals surface area contributed by atoms with Crippen LogP contribution in [-0.2, 0) is 0 Å². The SMILES string of the molecule is CCOc1cc(/C=N\NC(=O)c2nc(-c3ccccc3)sc2C)cc([N+](=O)[O-])c1O. The number of phenols is 1. The number of hydrogen-bond acceptors (Lipinski definition) is 8. The van der Waals surface area contributed by atoms with Crippen LogP contribution in [0.3, 0.4) is 0 Å². The molecule has 9 nitrogen and oxygen atoms in total. The van der Waals surface area contributed by atoms with Gasteiger partial charge in [-0.15, -0.1) is 11.3 Å². The molecular weight excluding hydrogens is 408 g/mol. The van der Waals surface area contributed by atoms with Crippen LogP contribution in [0.5, 0.6) is 11.5 Å². The minimum Gasteiger partial charge on any atom is -0.500 e. The molecule has 0 aliphatic heterocycles. The van der Waals surface area contributed by atoms with E-state index in [-0.39, 0.29) is 23.6 Å². The largest absolute Gasteiger partial charge is 0.500 e. The van der Waals surface area contributed by atoms with Crippen LogP contribution in [0.1, 0.15) is 27.9 Å². The van der Waals surface area contributed by atoms with Crippen LogP contribution in [0.25, 0.3) is 10.6 Å². The minimum absolute atomic E-state index is 0.0395. The number of aromatic nitrogens is 1. The molecule has 2 aromatic carbocycles. The first-order chi connectivity index (χ1) is 14.4. The van der Waals surface area contributed by atoms with Gasteiger partial charge in [0.2, 0.25) is 5.75 Å². The summed E-state index contributed by atoms with van der Waals surface area (Å²) in [4.78, 5) is 28.0. The summed E-state index contributed by atoms with van der Waals surface area (Å²) in [6, 6.07) is 12.0. The van der Waals surface area contributed by atoms with Crippen LogP contribution in [0.15, 0.2) is 47.6 Å². The number of benzene rings is 2. The second-order valence-electron chi connectivity index (χ2n) is 6.07. The fourth-order valence-electron chi connectivity index (χ4n) is 2.62. The third-order valence-corrected chi connectivity index (χ3v) is 5.01. The fraction of sp³-hybridized carbons (Fsp3) is 0.150. The molecule has 1 heterocycles. The molecule has 10 heteroatoms. The van der Waals surface area contributed by atoms with Crippen LogP contribution < -0.4 is 10.2 Å². The first kappa shape index (κ1) is 20.9. The van der Waals surface area contributed by atoms with E-state index in [2.05, 4.69) is 15.5 Å². The Kier molecular flexibility index (Phi) is 6.38. The third kappa shape index (κ3) is 4.61. The summed E-state index contributed by atoms with van der Waals surface area (Å²) < 4.78 is 5.21. The normalized spacial score (nSPS) is 10.9. The van der Waals surface area contributed by atoms with E-state index >= 15 is 0 Å². The van der Waals surface area contributed by atoms with Gasteiger partial charge in [0.1, 0.15) is 10.7 Å². The number of thiazole rings is 1. The maximum absolute atomic E-state index is 12.4. The smallest absolute Gasteiger partial charge is 0.315 e. The second kappa shape index (κ2) is 9.14. The number of carbonyl (C=O) groups is 1. The van der Waals surface area contributed by atoms with Gasteiger partial charge in [0, 0.05) is 22.1 Å². The van der Waals surface area contributed by atoms with Gasteiger partial charge in [0.25, 0.3) is 5.91 Å². The highest BCUT2D eigenvalue weighted by Crippen LogP contribution is 2.36. The first-order valence-electron chi connectivity index (χ1n) is 8.91. The molecular formula is C20H18N4O5S. The zero-order valence-electron chi connectivity index (χ0n) is 16.2. The summed E-state index contributed by atoms with van der Waals surface area (Å²) in [7, 11) is 0. The standard InChI is InChI=1S/C20H18N4O5S/c1-3-29-16-10-13(9-15(18(16)25)24(27)28)11-21-23-19(26)17-12(2)30-20(22-17)14-7-5-4-6-8-14/h4-11,25H,3H2,1-2H3,(H,23,26)/b21-11-. The number of hydrogen-bond donors (Lipinski definition) is 2. The number of ether oxygens (including phenoxy) is 1. The monoisotopic (exact) mass is 426 g/mol. The number of nitrogens with zero attached hydrogens (tertiary/aromatic N) is 3. The Bertz CT molecular complexity index is 1110. The van der Waals surface area contributed by atoms with Crippen molar-refractivity contribution >= 4 is 29.1 Å². The van der Waals surface area contributed by atoms with Crippen molar-refractivity contribution in [3.05, 3.63) is 68.7 Å². The van der Waals surface area contributed by atoms with Crippen molar-refractivity contribution in [1.29, 1.82) is 0 Å². The maximum atomic E-state index is 12.4. The average molecular weight is 426 g/mol. The number of nitro groups is 1. The van der Waals surface area contributed by atoms with Gasteiger partial charge in [0.05, 0.1) is 17.7 Å². The summed E-state index contributed by atoms with van der Waals surface area (Å²) in [5.74, 6) is -1.10. The van der Waals surface area contributed by atoms with Gasteiger partial charge in [-0.05, 0) is 19.9 Å². The summed E-state index contributed by atoms with van der Waals surface area (Å²) in [6.45, 7) is 3.70. The zero-order valence-corrected chi connectivity index (χ0v) is 17.0. The summed E-state index contributed by atoms with van der Waals surface area (Å²) in [5, 5.41) is 25.6. The Balaban J connectivity index is 1.78. The van der Waals surface area contributed by atoms with Gasteiger partial charge in [-0.25, -0.2) is 10.4 Å². The predicted molar refractivity (Wildman–Crippen MR) is 113 cm³/mol. The number of aromatic hydroxyl groups is 1. The van der Waals surface area contributed by atoms with Crippen molar-refractivity contribution in [2.24, 2.45) is 5.10 Å². The maximum Gasteiger partial charge on any atom is 0.315 e. The molecule has 0 saturated carbocycles. The van der Waals surface area contributed by atoms with Gasteiger partial charge in [0.15, 0.2) is 5.75 Å². The molecule has 0 aliphatic rings.